The average Bonchev–Trinajstić information content (AvgIpc) is 3.55. The number of carbonyl (C=O) groups is 1. The lowest BCUT2D eigenvalue weighted by atomic mass is 10.2. The first-order chi connectivity index (χ1) is 15.2. The van der Waals surface area contributed by atoms with Gasteiger partial charge in [0.2, 0.25) is 5.91 Å². The average molecular weight is 450 g/mol. The molecular formula is C23H23N5OS2. The largest absolute Gasteiger partial charge is 0.332 e. The van der Waals surface area contributed by atoms with E-state index in [4.69, 9.17) is 4.98 Å². The first-order valence-electron chi connectivity index (χ1n) is 10.5. The number of amides is 1. The Kier molecular flexibility index (Phi) is 5.74. The Bertz CT molecular complexity index is 1170. The van der Waals surface area contributed by atoms with Crippen molar-refractivity contribution in [2.24, 2.45) is 0 Å². The van der Waals surface area contributed by atoms with Gasteiger partial charge in [0.15, 0.2) is 11.0 Å². The van der Waals surface area contributed by atoms with Crippen LogP contribution in [-0.2, 0) is 11.3 Å². The van der Waals surface area contributed by atoms with Crippen molar-refractivity contribution in [1.29, 1.82) is 0 Å². The summed E-state index contributed by atoms with van der Waals surface area (Å²) in [5, 5.41) is 10.6. The van der Waals surface area contributed by atoms with Crippen molar-refractivity contribution >= 4 is 39.2 Å². The molecule has 0 unspecified atom stereocenters. The van der Waals surface area contributed by atoms with E-state index in [1.807, 2.05) is 53.4 Å². The number of likely N-dealkylation sites (tertiary alicyclic amines) is 1. The Morgan fingerprint density at radius 1 is 1.13 bits per heavy atom. The minimum Gasteiger partial charge on any atom is -0.332 e. The van der Waals surface area contributed by atoms with Gasteiger partial charge in [-0.1, -0.05) is 54.2 Å². The molecule has 2 aromatic heterocycles. The fourth-order valence-corrected chi connectivity index (χ4v) is 6.05. The molecule has 31 heavy (non-hydrogen) atoms. The van der Waals surface area contributed by atoms with Crippen molar-refractivity contribution in [3.05, 3.63) is 59.6 Å². The standard InChI is InChI=1S/C23H23N5OS2/c1-2-27-21(16-9-4-3-5-10-16)25-26-23(27)30-15-20(29)28-14-8-12-18(28)22-24-17-11-6-7-13-19(17)31-22/h3-7,9-11,13,18H,2,8,12,14-15H2,1H3/t18-/m1/s1. The van der Waals surface area contributed by atoms with E-state index in [-0.39, 0.29) is 11.9 Å². The maximum Gasteiger partial charge on any atom is 0.233 e. The summed E-state index contributed by atoms with van der Waals surface area (Å²) in [6.45, 7) is 3.62. The zero-order chi connectivity index (χ0) is 21.2. The first-order valence-corrected chi connectivity index (χ1v) is 12.3. The Balaban J connectivity index is 1.31. The van der Waals surface area contributed by atoms with E-state index in [1.54, 1.807) is 11.3 Å². The van der Waals surface area contributed by atoms with Crippen LogP contribution in [0.4, 0.5) is 0 Å². The third-order valence-corrected chi connectivity index (χ3v) is 7.65. The number of nitrogens with zero attached hydrogens (tertiary/aromatic N) is 5. The predicted octanol–water partition coefficient (Wildman–Crippen LogP) is 5.03. The molecule has 0 spiro atoms. The highest BCUT2D eigenvalue weighted by atomic mass is 32.2. The van der Waals surface area contributed by atoms with E-state index in [9.17, 15) is 4.79 Å². The highest BCUT2D eigenvalue weighted by Crippen LogP contribution is 2.37. The van der Waals surface area contributed by atoms with Crippen LogP contribution in [0.2, 0.25) is 0 Å². The fourth-order valence-electron chi connectivity index (χ4n) is 4.05. The van der Waals surface area contributed by atoms with Crippen LogP contribution in [0.5, 0.6) is 0 Å². The number of para-hydroxylation sites is 1. The number of rotatable bonds is 6. The van der Waals surface area contributed by atoms with Crippen molar-refractivity contribution in [3.8, 4) is 11.4 Å². The molecule has 0 N–H and O–H groups in total. The van der Waals surface area contributed by atoms with Crippen LogP contribution in [-0.4, -0.2) is 42.9 Å². The lowest BCUT2D eigenvalue weighted by molar-refractivity contribution is -0.129. The number of hydrogen-bond donors (Lipinski definition) is 0. The number of benzene rings is 2. The normalized spacial score (nSPS) is 16.3. The quantitative estimate of drug-likeness (QED) is 0.386. The molecular weight excluding hydrogens is 426 g/mol. The van der Waals surface area contributed by atoms with E-state index in [2.05, 4.69) is 27.8 Å². The maximum atomic E-state index is 13.1. The molecule has 1 aliphatic rings. The van der Waals surface area contributed by atoms with Gasteiger partial charge in [-0.3, -0.25) is 4.79 Å². The molecule has 158 valence electrons. The zero-order valence-corrected chi connectivity index (χ0v) is 18.9. The number of aromatic nitrogens is 4. The summed E-state index contributed by atoms with van der Waals surface area (Å²) in [5.74, 6) is 1.33. The molecule has 1 saturated heterocycles. The van der Waals surface area contributed by atoms with Crippen LogP contribution in [0.1, 0.15) is 30.8 Å². The highest BCUT2D eigenvalue weighted by molar-refractivity contribution is 7.99. The van der Waals surface area contributed by atoms with Gasteiger partial charge in [0, 0.05) is 18.7 Å². The van der Waals surface area contributed by atoms with Gasteiger partial charge in [0.1, 0.15) is 5.01 Å². The number of thioether (sulfide) groups is 1. The SMILES string of the molecule is CCn1c(SCC(=O)N2CCC[C@@H]2c2nc3ccccc3s2)nnc1-c1ccccc1. The second kappa shape index (κ2) is 8.80. The van der Waals surface area contributed by atoms with Crippen molar-refractivity contribution in [2.45, 2.75) is 37.5 Å². The topological polar surface area (TPSA) is 63.9 Å². The molecule has 1 fully saturated rings. The van der Waals surface area contributed by atoms with E-state index < -0.39 is 0 Å². The molecule has 2 aromatic carbocycles. The van der Waals surface area contributed by atoms with Crippen LogP contribution in [0.15, 0.2) is 59.8 Å². The number of hydrogen-bond acceptors (Lipinski definition) is 6. The minimum absolute atomic E-state index is 0.0782. The van der Waals surface area contributed by atoms with Gasteiger partial charge in [-0.25, -0.2) is 4.98 Å². The molecule has 4 aromatic rings. The van der Waals surface area contributed by atoms with E-state index in [0.717, 1.165) is 53.0 Å². The summed E-state index contributed by atoms with van der Waals surface area (Å²) in [4.78, 5) is 19.9. The van der Waals surface area contributed by atoms with Crippen LogP contribution in [0, 0.1) is 0 Å². The summed E-state index contributed by atoms with van der Waals surface area (Å²) in [5.41, 5.74) is 2.05. The van der Waals surface area contributed by atoms with Gasteiger partial charge in [0.25, 0.3) is 0 Å². The Hall–Kier alpha value is -2.71. The molecule has 0 bridgehead atoms. The fraction of sp³-hybridized carbons (Fsp3) is 0.304. The van der Waals surface area contributed by atoms with E-state index in [0.29, 0.717) is 5.75 Å². The second-order valence-corrected chi connectivity index (χ2v) is 9.47. The van der Waals surface area contributed by atoms with E-state index >= 15 is 0 Å². The van der Waals surface area contributed by atoms with Crippen LogP contribution in [0.3, 0.4) is 0 Å². The van der Waals surface area contributed by atoms with Crippen molar-refractivity contribution in [3.63, 3.8) is 0 Å². The third-order valence-electron chi connectivity index (χ3n) is 5.56. The third kappa shape index (κ3) is 3.97. The van der Waals surface area contributed by atoms with Gasteiger partial charge >= 0.3 is 0 Å². The van der Waals surface area contributed by atoms with Crippen LogP contribution >= 0.6 is 23.1 Å². The Morgan fingerprint density at radius 2 is 1.94 bits per heavy atom. The molecule has 5 rings (SSSR count). The van der Waals surface area contributed by atoms with Crippen LogP contribution < -0.4 is 0 Å². The highest BCUT2D eigenvalue weighted by Gasteiger charge is 2.32. The van der Waals surface area contributed by atoms with Crippen LogP contribution in [0.25, 0.3) is 21.6 Å². The summed E-state index contributed by atoms with van der Waals surface area (Å²) in [6, 6.07) is 18.3. The number of carbonyl (C=O) groups excluding carboxylic acids is 1. The van der Waals surface area contributed by atoms with Gasteiger partial charge < -0.3 is 9.47 Å². The molecule has 1 amide bonds. The molecule has 1 aliphatic heterocycles. The monoisotopic (exact) mass is 449 g/mol. The summed E-state index contributed by atoms with van der Waals surface area (Å²) in [6.07, 6.45) is 1.99. The van der Waals surface area contributed by atoms with E-state index in [1.165, 1.54) is 16.5 Å². The molecule has 1 atom stereocenters. The van der Waals surface area contributed by atoms with Crippen molar-refractivity contribution in [1.82, 2.24) is 24.6 Å². The van der Waals surface area contributed by atoms with Gasteiger partial charge in [-0.2, -0.15) is 0 Å². The first kappa shape index (κ1) is 20.2. The number of thiazole rings is 1. The molecule has 3 heterocycles. The smallest absolute Gasteiger partial charge is 0.233 e. The van der Waals surface area contributed by atoms with Gasteiger partial charge in [0.05, 0.1) is 22.0 Å². The van der Waals surface area contributed by atoms with Gasteiger partial charge in [-0.15, -0.1) is 21.5 Å². The van der Waals surface area contributed by atoms with Gasteiger partial charge in [-0.05, 0) is 31.9 Å². The lowest BCUT2D eigenvalue weighted by Crippen LogP contribution is -2.32. The maximum absolute atomic E-state index is 13.1. The molecule has 8 heteroatoms. The number of fused-ring (bicyclic) bond motifs is 1. The Labute approximate surface area is 189 Å². The molecule has 6 nitrogen and oxygen atoms in total. The molecule has 0 aliphatic carbocycles. The second-order valence-electron chi connectivity index (χ2n) is 7.47. The predicted molar refractivity (Wildman–Crippen MR) is 125 cm³/mol. The molecule has 0 saturated carbocycles. The Morgan fingerprint density at radius 3 is 2.74 bits per heavy atom. The summed E-state index contributed by atoms with van der Waals surface area (Å²) >= 11 is 3.16. The summed E-state index contributed by atoms with van der Waals surface area (Å²) < 4.78 is 3.25. The minimum atomic E-state index is 0.0782. The van der Waals surface area contributed by atoms with Crippen molar-refractivity contribution < 1.29 is 4.79 Å². The molecule has 0 radical (unpaired) electrons. The lowest BCUT2D eigenvalue weighted by Gasteiger charge is -2.22. The zero-order valence-electron chi connectivity index (χ0n) is 17.3. The van der Waals surface area contributed by atoms with Crippen molar-refractivity contribution in [2.75, 3.05) is 12.3 Å². The summed E-state index contributed by atoms with van der Waals surface area (Å²) in [7, 11) is 0.